The van der Waals surface area contributed by atoms with E-state index in [4.69, 9.17) is 10.5 Å². The van der Waals surface area contributed by atoms with Gasteiger partial charge in [-0.25, -0.2) is 0 Å². The van der Waals surface area contributed by atoms with Gasteiger partial charge < -0.3 is 41.2 Å². The number of nitrogens with two attached hydrogens (primary N) is 1. The molecule has 2 fully saturated rings. The quantitative estimate of drug-likeness (QED) is 0.141. The Morgan fingerprint density at radius 1 is 1.11 bits per heavy atom. The van der Waals surface area contributed by atoms with Crippen molar-refractivity contribution in [2.45, 2.75) is 86.6 Å². The molecular formula is C42H53N5O7. The van der Waals surface area contributed by atoms with Gasteiger partial charge in [0.2, 0.25) is 0 Å². The average molecular weight is 740 g/mol. The van der Waals surface area contributed by atoms with E-state index in [1.807, 2.05) is 62.4 Å². The van der Waals surface area contributed by atoms with Gasteiger partial charge in [0.1, 0.15) is 17.3 Å². The molecule has 1 amide bonds. The molecule has 0 radical (unpaired) electrons. The van der Waals surface area contributed by atoms with Gasteiger partial charge in [0, 0.05) is 84.0 Å². The largest absolute Gasteiger partial charge is 0.508 e. The van der Waals surface area contributed by atoms with Crippen LogP contribution in [-0.4, -0.2) is 117 Å². The molecule has 8 N–H and O–H groups in total. The molecule has 4 aliphatic heterocycles. The highest BCUT2D eigenvalue weighted by Crippen LogP contribution is 2.63. The fraction of sp³-hybridized carbons (Fsp3) is 0.524. The molecule has 3 aromatic rings. The molecule has 1 aliphatic carbocycles. The Balaban J connectivity index is 1.46. The molecule has 12 nitrogen and oxygen atoms in total. The lowest BCUT2D eigenvalue weighted by atomic mass is 9.48. The number of nitrogens with one attached hydrogen (secondary N) is 2. The summed E-state index contributed by atoms with van der Waals surface area (Å²) in [6, 6.07) is 11.1. The number of aromatic amines is 1. The number of esters is 1. The fourth-order valence-corrected chi connectivity index (χ4v) is 11.5. The summed E-state index contributed by atoms with van der Waals surface area (Å²) in [6.07, 6.45) is 6.35. The molecule has 5 aliphatic rings. The molecule has 5 heterocycles. The maximum Gasteiger partial charge on any atom is 0.322 e. The fourth-order valence-electron chi connectivity index (χ4n) is 11.5. The Morgan fingerprint density at radius 2 is 1.89 bits per heavy atom. The van der Waals surface area contributed by atoms with Crippen molar-refractivity contribution in [3.8, 4) is 5.75 Å². The SMILES string of the molecule is CC[C@]1(O)C=C2CN(CCc3c([nH]c4ccccc34)[C@@](C(=O)OC)(c3cc([C@]45CCN6CC=C[C@](CC)(C64)[C@@H](O)[C@](O)(C(N)=O)C5)c(NC)cc3O)C2)C1. The van der Waals surface area contributed by atoms with E-state index < -0.39 is 45.4 Å². The molecule has 1 saturated carbocycles. The number of amides is 1. The summed E-state index contributed by atoms with van der Waals surface area (Å²) in [7, 11) is 3.11. The number of carbonyl (C=O) groups is 2. The van der Waals surface area contributed by atoms with Gasteiger partial charge in [-0.15, -0.1) is 0 Å². The number of rotatable bonds is 7. The Kier molecular flexibility index (Phi) is 8.63. The smallest absolute Gasteiger partial charge is 0.322 e. The predicted octanol–water partition coefficient (Wildman–Crippen LogP) is 2.96. The normalized spacial score (nSPS) is 36.0. The Labute approximate surface area is 315 Å². The van der Waals surface area contributed by atoms with Gasteiger partial charge in [-0.1, -0.05) is 55.8 Å². The molecule has 8 atom stereocenters. The minimum atomic E-state index is -2.27. The van der Waals surface area contributed by atoms with Gasteiger partial charge in [0.15, 0.2) is 5.60 Å². The monoisotopic (exact) mass is 739 g/mol. The standard InChI is InChI=1S/C42H53N5O7/c1-5-38(52)20-25-21-41(37(51)54-4,33-27(12-16-46(22-25)24-38)26-10-7-8-11-30(26)45-33)29-18-28(31(44-3)19-32(29)48)40-14-17-47-15-9-13-39(6-2,34(40)47)35(49)42(53,23-40)36(43)50/h7-11,13,18-20,34-35,44-45,48-49,52-53H,5-6,12,14-17,21-24H2,1-4H3,(H2,43,50)/t34?,35-,38+,39-,40-,41+,42+/m1/s1. The van der Waals surface area contributed by atoms with E-state index in [2.05, 4.69) is 20.1 Å². The summed E-state index contributed by atoms with van der Waals surface area (Å²) >= 11 is 0. The first-order valence-electron chi connectivity index (χ1n) is 19.3. The van der Waals surface area contributed by atoms with Crippen LogP contribution in [0.3, 0.4) is 0 Å². The van der Waals surface area contributed by atoms with Gasteiger partial charge in [-0.3, -0.25) is 19.4 Å². The predicted molar refractivity (Wildman–Crippen MR) is 205 cm³/mol. The number of H-pyrrole nitrogens is 1. The zero-order valence-electron chi connectivity index (χ0n) is 31.6. The number of hydrogen-bond donors (Lipinski definition) is 7. The molecule has 12 heteroatoms. The van der Waals surface area contributed by atoms with Crippen LogP contribution in [0.2, 0.25) is 0 Å². The maximum atomic E-state index is 15.0. The third kappa shape index (κ3) is 4.92. The molecular weight excluding hydrogens is 686 g/mol. The number of benzene rings is 2. The number of aromatic hydroxyl groups is 1. The third-order valence-electron chi connectivity index (χ3n) is 14.0. The highest BCUT2D eigenvalue weighted by atomic mass is 16.5. The van der Waals surface area contributed by atoms with Gasteiger partial charge in [0.25, 0.3) is 5.91 Å². The number of anilines is 1. The molecule has 2 bridgehead atoms. The number of para-hydroxylation sites is 1. The van der Waals surface area contributed by atoms with Crippen LogP contribution in [0.4, 0.5) is 5.69 Å². The summed E-state index contributed by atoms with van der Waals surface area (Å²) in [6.45, 7) is 6.80. The van der Waals surface area contributed by atoms with Gasteiger partial charge in [0.05, 0.1) is 12.7 Å². The topological polar surface area (TPSA) is 185 Å². The van der Waals surface area contributed by atoms with Gasteiger partial charge in [-0.2, -0.15) is 0 Å². The summed E-state index contributed by atoms with van der Waals surface area (Å²) in [5, 5.41) is 52.5. The molecule has 1 saturated heterocycles. The van der Waals surface area contributed by atoms with Crippen molar-refractivity contribution >= 4 is 28.5 Å². The summed E-state index contributed by atoms with van der Waals surface area (Å²) < 4.78 is 5.77. The number of carbonyl (C=O) groups excluding carboxylic acids is 2. The second-order valence-electron chi connectivity index (χ2n) is 16.5. The minimum absolute atomic E-state index is 0.109. The Bertz CT molecular complexity index is 2100. The van der Waals surface area contributed by atoms with Crippen LogP contribution in [0.5, 0.6) is 5.75 Å². The number of aliphatic hydroxyl groups excluding tert-OH is 1. The first-order valence-corrected chi connectivity index (χ1v) is 19.3. The van der Waals surface area contributed by atoms with Crippen LogP contribution < -0.4 is 11.1 Å². The third-order valence-corrected chi connectivity index (χ3v) is 14.0. The van der Waals surface area contributed by atoms with E-state index in [9.17, 15) is 30.0 Å². The molecule has 2 unspecified atom stereocenters. The maximum absolute atomic E-state index is 15.0. The van der Waals surface area contributed by atoms with Crippen LogP contribution in [0.15, 0.2) is 60.2 Å². The number of phenolic OH excluding ortho intramolecular Hbond substituents is 1. The number of nitrogens with zero attached hydrogens (tertiary/aromatic N) is 2. The van der Waals surface area contributed by atoms with Crippen molar-refractivity contribution in [1.82, 2.24) is 14.8 Å². The molecule has 0 spiro atoms. The van der Waals surface area contributed by atoms with Crippen molar-refractivity contribution in [1.29, 1.82) is 0 Å². The zero-order valence-corrected chi connectivity index (χ0v) is 31.6. The van der Waals surface area contributed by atoms with Crippen LogP contribution in [0.1, 0.15) is 68.3 Å². The van der Waals surface area contributed by atoms with Crippen molar-refractivity contribution in [3.63, 3.8) is 0 Å². The highest BCUT2D eigenvalue weighted by Gasteiger charge is 2.71. The molecule has 1 aromatic heterocycles. The van der Waals surface area contributed by atoms with Gasteiger partial charge >= 0.3 is 5.97 Å². The Hall–Kier alpha value is -4.20. The van der Waals surface area contributed by atoms with Crippen molar-refractivity contribution < 1.29 is 34.8 Å². The number of aromatic nitrogens is 1. The van der Waals surface area contributed by atoms with E-state index in [-0.39, 0.29) is 24.6 Å². The van der Waals surface area contributed by atoms with E-state index in [0.29, 0.717) is 80.9 Å². The first-order chi connectivity index (χ1) is 25.8. The number of methoxy groups -OCH3 is 1. The number of aliphatic hydroxyl groups is 3. The molecule has 288 valence electrons. The van der Waals surface area contributed by atoms with Crippen molar-refractivity contribution in [2.75, 3.05) is 52.2 Å². The van der Waals surface area contributed by atoms with Crippen LogP contribution in [0.25, 0.3) is 10.9 Å². The van der Waals surface area contributed by atoms with E-state index in [1.54, 1.807) is 13.1 Å². The minimum Gasteiger partial charge on any atom is -0.508 e. The number of ether oxygens (including phenoxy) is 1. The second-order valence-corrected chi connectivity index (χ2v) is 16.5. The Morgan fingerprint density at radius 3 is 2.59 bits per heavy atom. The zero-order chi connectivity index (χ0) is 38.4. The van der Waals surface area contributed by atoms with Crippen molar-refractivity contribution in [3.05, 3.63) is 82.6 Å². The van der Waals surface area contributed by atoms with E-state index in [1.165, 1.54) is 7.11 Å². The first kappa shape index (κ1) is 36.8. The molecule has 8 rings (SSSR count). The lowest BCUT2D eigenvalue weighted by molar-refractivity contribution is -0.195. The van der Waals surface area contributed by atoms with Crippen LogP contribution in [0, 0.1) is 5.41 Å². The lowest BCUT2D eigenvalue weighted by Gasteiger charge is -2.61. The summed E-state index contributed by atoms with van der Waals surface area (Å²) in [5.74, 6) is -1.70. The molecule has 54 heavy (non-hydrogen) atoms. The summed E-state index contributed by atoms with van der Waals surface area (Å²) in [5.41, 5.74) is 3.86. The number of fused-ring (bicyclic) bond motifs is 5. The number of hydrogen-bond acceptors (Lipinski definition) is 10. The number of primary amides is 1. The summed E-state index contributed by atoms with van der Waals surface area (Å²) in [4.78, 5) is 36.4. The van der Waals surface area contributed by atoms with Gasteiger partial charge in [-0.05, 0) is 68.3 Å². The molecule has 2 aromatic carbocycles. The van der Waals surface area contributed by atoms with Crippen LogP contribution in [-0.2, 0) is 31.6 Å². The second kappa shape index (κ2) is 12.7. The highest BCUT2D eigenvalue weighted by molar-refractivity contribution is 5.94. The van der Waals surface area contributed by atoms with E-state index >= 15 is 0 Å². The average Bonchev–Trinajstić information content (AvgIpc) is 3.74. The van der Waals surface area contributed by atoms with Crippen LogP contribution >= 0.6 is 0 Å². The van der Waals surface area contributed by atoms with Crippen molar-refractivity contribution in [2.24, 2.45) is 11.1 Å². The van der Waals surface area contributed by atoms with E-state index in [0.717, 1.165) is 22.0 Å². The lowest BCUT2D eigenvalue weighted by Crippen LogP contribution is -2.73. The number of phenols is 1.